The van der Waals surface area contributed by atoms with Crippen molar-refractivity contribution in [1.82, 2.24) is 15.2 Å². The van der Waals surface area contributed by atoms with Gasteiger partial charge in [0, 0.05) is 47.7 Å². The number of aromatic nitrogens is 1. The molecule has 2 amide bonds. The normalized spacial score (nSPS) is 16.7. The highest BCUT2D eigenvalue weighted by atomic mass is 16.3. The smallest absolute Gasteiger partial charge is 0.259 e. The molecule has 4 heterocycles. The third-order valence-electron chi connectivity index (χ3n) is 5.78. The zero-order valence-electron chi connectivity index (χ0n) is 15.5. The first-order valence-corrected chi connectivity index (χ1v) is 9.61. The van der Waals surface area contributed by atoms with Gasteiger partial charge in [0.2, 0.25) is 0 Å². The van der Waals surface area contributed by atoms with E-state index in [1.807, 2.05) is 42.6 Å². The molecule has 6 heteroatoms. The number of imide groups is 1. The van der Waals surface area contributed by atoms with E-state index in [0.29, 0.717) is 22.3 Å². The molecule has 2 aliphatic heterocycles. The van der Waals surface area contributed by atoms with E-state index < -0.39 is 0 Å². The molecule has 2 aromatic carbocycles. The standard InChI is InChI=1S/C23H17N3O3/c27-22-19(16-11-26-9-8-24-10-13-4-3-6-15(16)21(13)26)20(23(28)25-22)17-12-29-18-7-2-1-5-14(17)18/h1-7,11-12,24H,8-10H2,(H,25,27,28). The van der Waals surface area contributed by atoms with Gasteiger partial charge in [-0.1, -0.05) is 36.4 Å². The van der Waals surface area contributed by atoms with E-state index >= 15 is 0 Å². The van der Waals surface area contributed by atoms with Crippen molar-refractivity contribution in [2.75, 3.05) is 6.54 Å². The van der Waals surface area contributed by atoms with Gasteiger partial charge in [-0.3, -0.25) is 14.9 Å². The fraction of sp³-hybridized carbons (Fsp3) is 0.130. The minimum absolute atomic E-state index is 0.366. The van der Waals surface area contributed by atoms with Gasteiger partial charge in [-0.25, -0.2) is 0 Å². The monoisotopic (exact) mass is 383 g/mol. The van der Waals surface area contributed by atoms with Gasteiger partial charge in [0.25, 0.3) is 11.8 Å². The number of nitrogens with one attached hydrogen (secondary N) is 2. The Morgan fingerprint density at radius 3 is 2.59 bits per heavy atom. The molecule has 0 fully saturated rings. The highest BCUT2D eigenvalue weighted by molar-refractivity contribution is 6.50. The number of rotatable bonds is 2. The number of carbonyl (C=O) groups is 2. The second kappa shape index (κ2) is 5.93. The minimum atomic E-state index is -0.387. The predicted molar refractivity (Wildman–Crippen MR) is 110 cm³/mol. The molecule has 6 rings (SSSR count). The maximum atomic E-state index is 12.9. The van der Waals surface area contributed by atoms with E-state index in [-0.39, 0.29) is 11.8 Å². The molecule has 0 saturated carbocycles. The maximum Gasteiger partial charge on any atom is 0.259 e. The van der Waals surface area contributed by atoms with Gasteiger partial charge in [0.1, 0.15) is 5.58 Å². The molecule has 6 nitrogen and oxygen atoms in total. The minimum Gasteiger partial charge on any atom is -0.464 e. The average molecular weight is 383 g/mol. The summed E-state index contributed by atoms with van der Waals surface area (Å²) in [7, 11) is 0. The van der Waals surface area contributed by atoms with Crippen LogP contribution in [0.1, 0.15) is 16.7 Å². The van der Waals surface area contributed by atoms with Gasteiger partial charge in [-0.2, -0.15) is 0 Å². The van der Waals surface area contributed by atoms with E-state index in [2.05, 4.69) is 21.3 Å². The lowest BCUT2D eigenvalue weighted by molar-refractivity contribution is -0.122. The number of hydrogen-bond donors (Lipinski definition) is 2. The van der Waals surface area contributed by atoms with Crippen molar-refractivity contribution in [3.8, 4) is 0 Å². The van der Waals surface area contributed by atoms with Crippen LogP contribution in [0.4, 0.5) is 0 Å². The molecule has 0 unspecified atom stereocenters. The molecule has 29 heavy (non-hydrogen) atoms. The first-order valence-electron chi connectivity index (χ1n) is 9.61. The number of amides is 2. The predicted octanol–water partition coefficient (Wildman–Crippen LogP) is 3.06. The van der Waals surface area contributed by atoms with Gasteiger partial charge in [0.05, 0.1) is 22.9 Å². The summed E-state index contributed by atoms with van der Waals surface area (Å²) < 4.78 is 7.82. The summed E-state index contributed by atoms with van der Waals surface area (Å²) in [6, 6.07) is 13.6. The molecule has 142 valence electrons. The van der Waals surface area contributed by atoms with Gasteiger partial charge in [-0.05, 0) is 11.6 Å². The summed E-state index contributed by atoms with van der Waals surface area (Å²) in [5.74, 6) is -0.753. The number of furan rings is 1. The maximum absolute atomic E-state index is 12.9. The number of fused-ring (bicyclic) bond motifs is 1. The van der Waals surface area contributed by atoms with Gasteiger partial charge >= 0.3 is 0 Å². The Kier molecular flexibility index (Phi) is 3.34. The Morgan fingerprint density at radius 1 is 0.897 bits per heavy atom. The van der Waals surface area contributed by atoms with Crippen molar-refractivity contribution in [1.29, 1.82) is 0 Å². The Bertz CT molecular complexity index is 1370. The van der Waals surface area contributed by atoms with Crippen LogP contribution < -0.4 is 10.6 Å². The van der Waals surface area contributed by atoms with Crippen LogP contribution in [0.2, 0.25) is 0 Å². The van der Waals surface area contributed by atoms with Crippen molar-refractivity contribution < 1.29 is 14.0 Å². The van der Waals surface area contributed by atoms with E-state index in [4.69, 9.17) is 4.42 Å². The van der Waals surface area contributed by atoms with Crippen LogP contribution >= 0.6 is 0 Å². The number of hydrogen-bond acceptors (Lipinski definition) is 4. The van der Waals surface area contributed by atoms with Crippen LogP contribution in [0.25, 0.3) is 33.0 Å². The third-order valence-corrected chi connectivity index (χ3v) is 5.78. The van der Waals surface area contributed by atoms with E-state index in [0.717, 1.165) is 41.5 Å². The largest absolute Gasteiger partial charge is 0.464 e. The molecule has 0 atom stereocenters. The second-order valence-electron chi connectivity index (χ2n) is 7.41. The van der Waals surface area contributed by atoms with Crippen LogP contribution in [0, 0.1) is 0 Å². The first kappa shape index (κ1) is 16.3. The Morgan fingerprint density at radius 2 is 1.69 bits per heavy atom. The van der Waals surface area contributed by atoms with E-state index in [9.17, 15) is 9.59 Å². The quantitative estimate of drug-likeness (QED) is 0.522. The zero-order valence-corrected chi connectivity index (χ0v) is 15.5. The van der Waals surface area contributed by atoms with Gasteiger partial charge in [-0.15, -0.1) is 0 Å². The van der Waals surface area contributed by atoms with Crippen molar-refractivity contribution in [3.05, 3.63) is 71.6 Å². The molecule has 4 aromatic rings. The zero-order chi connectivity index (χ0) is 19.5. The summed E-state index contributed by atoms with van der Waals surface area (Å²) in [6.45, 7) is 2.44. The number of para-hydroxylation sites is 2. The van der Waals surface area contributed by atoms with Crippen LogP contribution in [0.5, 0.6) is 0 Å². The number of nitrogens with zero attached hydrogens (tertiary/aromatic N) is 1. The third kappa shape index (κ3) is 2.26. The van der Waals surface area contributed by atoms with Crippen LogP contribution in [-0.2, 0) is 22.7 Å². The summed E-state index contributed by atoms with van der Waals surface area (Å²) in [5, 5.41) is 7.71. The van der Waals surface area contributed by atoms with Crippen LogP contribution in [0.15, 0.2) is 59.3 Å². The van der Waals surface area contributed by atoms with E-state index in [1.165, 1.54) is 5.56 Å². The lowest BCUT2D eigenvalue weighted by Gasteiger charge is -2.04. The number of benzene rings is 2. The molecular weight excluding hydrogens is 366 g/mol. The van der Waals surface area contributed by atoms with Crippen LogP contribution in [0.3, 0.4) is 0 Å². The fourth-order valence-corrected chi connectivity index (χ4v) is 4.52. The Balaban J connectivity index is 1.68. The Hall–Kier alpha value is -3.64. The first-order chi connectivity index (χ1) is 14.2. The summed E-state index contributed by atoms with van der Waals surface area (Å²) in [5.41, 5.74) is 5.20. The molecule has 0 bridgehead atoms. The van der Waals surface area contributed by atoms with Crippen LogP contribution in [-0.4, -0.2) is 22.9 Å². The summed E-state index contributed by atoms with van der Waals surface area (Å²) in [4.78, 5) is 25.7. The molecule has 0 radical (unpaired) electrons. The number of carbonyl (C=O) groups excluding carboxylic acids is 2. The molecular formula is C23H17N3O3. The SMILES string of the molecule is O=C1NC(=O)C(c2cn3c4c(cccc24)CNCC3)=C1c1coc2ccccc12. The topological polar surface area (TPSA) is 76.3 Å². The average Bonchev–Trinajstić information content (AvgIpc) is 3.33. The van der Waals surface area contributed by atoms with Gasteiger partial charge < -0.3 is 14.3 Å². The van der Waals surface area contributed by atoms with Crippen molar-refractivity contribution in [2.45, 2.75) is 13.1 Å². The van der Waals surface area contributed by atoms with E-state index in [1.54, 1.807) is 6.26 Å². The lowest BCUT2D eigenvalue weighted by atomic mass is 9.95. The second-order valence-corrected chi connectivity index (χ2v) is 7.41. The fourth-order valence-electron chi connectivity index (χ4n) is 4.52. The molecule has 2 aliphatic rings. The highest BCUT2D eigenvalue weighted by Gasteiger charge is 2.35. The molecule has 0 saturated heterocycles. The lowest BCUT2D eigenvalue weighted by Crippen LogP contribution is -2.22. The van der Waals surface area contributed by atoms with Crippen molar-refractivity contribution >= 4 is 44.8 Å². The van der Waals surface area contributed by atoms with Gasteiger partial charge in [0.15, 0.2) is 0 Å². The summed E-state index contributed by atoms with van der Waals surface area (Å²) in [6.07, 6.45) is 3.56. The van der Waals surface area contributed by atoms with Crippen molar-refractivity contribution in [3.63, 3.8) is 0 Å². The highest BCUT2D eigenvalue weighted by Crippen LogP contribution is 2.39. The molecule has 2 aromatic heterocycles. The molecule has 0 aliphatic carbocycles. The molecule has 0 spiro atoms. The Labute approximate surface area is 165 Å². The molecule has 2 N–H and O–H groups in total. The van der Waals surface area contributed by atoms with Crippen molar-refractivity contribution in [2.24, 2.45) is 0 Å². The summed E-state index contributed by atoms with van der Waals surface area (Å²) >= 11 is 0.